The van der Waals surface area contributed by atoms with Crippen LogP contribution in [0.1, 0.15) is 33.4 Å². The molecule has 0 atom stereocenters. The fourth-order valence-electron chi connectivity index (χ4n) is 2.69. The average molecular weight is 285 g/mol. The van der Waals surface area contributed by atoms with Crippen LogP contribution in [0.15, 0.2) is 29.1 Å². The van der Waals surface area contributed by atoms with E-state index in [9.17, 15) is 4.79 Å². The first-order valence-corrected chi connectivity index (χ1v) is 7.20. The Hall–Kier alpha value is -1.59. The Kier molecular flexibility index (Phi) is 3.04. The molecule has 0 spiro atoms. The number of aryl methyl sites for hydroxylation is 1. The fraction of sp³-hybridized carbons (Fsp3) is 0.438. The van der Waals surface area contributed by atoms with Gasteiger partial charge in [0, 0.05) is 16.5 Å². The lowest BCUT2D eigenvalue weighted by molar-refractivity contribution is 0.00578. The van der Waals surface area contributed by atoms with Gasteiger partial charge in [0.2, 0.25) is 0 Å². The molecule has 1 aromatic heterocycles. The first kappa shape index (κ1) is 14.4. The zero-order valence-electron chi connectivity index (χ0n) is 13.1. The third kappa shape index (κ3) is 2.12. The number of nitrogens with one attached hydrogen (secondary N) is 1. The van der Waals surface area contributed by atoms with E-state index in [0.29, 0.717) is 5.39 Å². The Balaban J connectivity index is 2.21. The van der Waals surface area contributed by atoms with Gasteiger partial charge in [0.1, 0.15) is 0 Å². The van der Waals surface area contributed by atoms with E-state index in [1.807, 2.05) is 58.9 Å². The van der Waals surface area contributed by atoms with Crippen LogP contribution in [0, 0.1) is 6.92 Å². The standard InChI is InChI=1S/C16H20BNO3/c1-10-13(17-20-15(2,3)16(4,5)21-17)11-8-6-7-9-12(11)14(19)18-10/h6-9H,1-5H3,(H,18,19). The van der Waals surface area contributed by atoms with Gasteiger partial charge in [0.25, 0.3) is 5.56 Å². The average Bonchev–Trinajstić information content (AvgIpc) is 2.58. The summed E-state index contributed by atoms with van der Waals surface area (Å²) in [5.74, 6) is 0. The minimum Gasteiger partial charge on any atom is -0.399 e. The molecule has 1 aliphatic rings. The van der Waals surface area contributed by atoms with Crippen LogP contribution >= 0.6 is 0 Å². The number of hydrogen-bond donors (Lipinski definition) is 1. The second-order valence-electron chi connectivity index (χ2n) is 6.63. The molecule has 0 unspecified atom stereocenters. The van der Waals surface area contributed by atoms with Crippen LogP contribution in [-0.4, -0.2) is 23.3 Å². The van der Waals surface area contributed by atoms with Gasteiger partial charge >= 0.3 is 7.12 Å². The molecule has 0 bridgehead atoms. The molecule has 0 amide bonds. The molecule has 110 valence electrons. The maximum absolute atomic E-state index is 12.1. The summed E-state index contributed by atoms with van der Waals surface area (Å²) >= 11 is 0. The fourth-order valence-corrected chi connectivity index (χ4v) is 2.69. The van der Waals surface area contributed by atoms with Crippen LogP contribution in [-0.2, 0) is 9.31 Å². The van der Waals surface area contributed by atoms with E-state index in [0.717, 1.165) is 16.5 Å². The Bertz CT molecular complexity index is 748. The quantitative estimate of drug-likeness (QED) is 0.817. The number of aromatic amines is 1. The highest BCUT2D eigenvalue weighted by molar-refractivity contribution is 6.65. The minimum atomic E-state index is -0.475. The minimum absolute atomic E-state index is 0.0802. The van der Waals surface area contributed by atoms with Crippen molar-refractivity contribution in [1.82, 2.24) is 4.98 Å². The molecule has 2 heterocycles. The van der Waals surface area contributed by atoms with Gasteiger partial charge in [-0.2, -0.15) is 0 Å². The van der Waals surface area contributed by atoms with Crippen molar-refractivity contribution in [2.24, 2.45) is 0 Å². The van der Waals surface area contributed by atoms with Crippen LogP contribution in [0.2, 0.25) is 0 Å². The summed E-state index contributed by atoms with van der Waals surface area (Å²) in [6.07, 6.45) is 0. The van der Waals surface area contributed by atoms with E-state index >= 15 is 0 Å². The molecule has 1 aromatic carbocycles. The van der Waals surface area contributed by atoms with E-state index in [2.05, 4.69) is 4.98 Å². The van der Waals surface area contributed by atoms with E-state index in [4.69, 9.17) is 9.31 Å². The molecule has 2 aromatic rings. The molecule has 5 heteroatoms. The predicted octanol–water partition coefficient (Wildman–Crippen LogP) is 2.14. The van der Waals surface area contributed by atoms with Crippen LogP contribution in [0.25, 0.3) is 10.8 Å². The zero-order chi connectivity index (χ0) is 15.4. The molecule has 1 N–H and O–H groups in total. The second-order valence-corrected chi connectivity index (χ2v) is 6.63. The number of fused-ring (bicyclic) bond motifs is 1. The number of benzene rings is 1. The van der Waals surface area contributed by atoms with Gasteiger partial charge in [-0.15, -0.1) is 0 Å². The summed E-state index contributed by atoms with van der Waals surface area (Å²) in [5, 5.41) is 1.55. The van der Waals surface area contributed by atoms with Gasteiger partial charge in [-0.1, -0.05) is 18.2 Å². The zero-order valence-corrected chi connectivity index (χ0v) is 13.1. The highest BCUT2D eigenvalue weighted by Crippen LogP contribution is 2.37. The Labute approximate surface area is 124 Å². The number of aromatic nitrogens is 1. The molecular weight excluding hydrogens is 265 g/mol. The summed E-state index contributed by atoms with van der Waals surface area (Å²) in [6, 6.07) is 7.55. The first-order chi connectivity index (χ1) is 9.73. The third-order valence-electron chi connectivity index (χ3n) is 4.66. The number of pyridine rings is 1. The van der Waals surface area contributed by atoms with Gasteiger partial charge in [0.05, 0.1) is 11.2 Å². The molecule has 1 fully saturated rings. The van der Waals surface area contributed by atoms with Crippen molar-refractivity contribution in [3.63, 3.8) is 0 Å². The number of H-pyrrole nitrogens is 1. The lowest BCUT2D eigenvalue weighted by Gasteiger charge is -2.32. The van der Waals surface area contributed by atoms with Crippen molar-refractivity contribution < 1.29 is 9.31 Å². The van der Waals surface area contributed by atoms with Crippen molar-refractivity contribution in [2.45, 2.75) is 45.8 Å². The van der Waals surface area contributed by atoms with Gasteiger partial charge in [0.15, 0.2) is 0 Å². The Morgan fingerprint density at radius 3 is 2.10 bits per heavy atom. The van der Waals surface area contributed by atoms with Crippen LogP contribution in [0.4, 0.5) is 0 Å². The molecule has 1 aliphatic heterocycles. The van der Waals surface area contributed by atoms with E-state index < -0.39 is 18.3 Å². The summed E-state index contributed by atoms with van der Waals surface area (Å²) in [5.41, 5.74) is 0.812. The maximum atomic E-state index is 12.1. The molecule has 21 heavy (non-hydrogen) atoms. The van der Waals surface area contributed by atoms with Crippen LogP contribution in [0.3, 0.4) is 0 Å². The van der Waals surface area contributed by atoms with Gasteiger partial charge in [-0.25, -0.2) is 0 Å². The lowest BCUT2D eigenvalue weighted by Crippen LogP contribution is -2.41. The second kappa shape index (κ2) is 4.45. The Morgan fingerprint density at radius 1 is 1.00 bits per heavy atom. The van der Waals surface area contributed by atoms with E-state index in [1.165, 1.54) is 0 Å². The molecule has 0 radical (unpaired) electrons. The van der Waals surface area contributed by atoms with Crippen molar-refractivity contribution in [3.8, 4) is 0 Å². The summed E-state index contributed by atoms with van der Waals surface area (Å²) in [6.45, 7) is 9.98. The summed E-state index contributed by atoms with van der Waals surface area (Å²) in [4.78, 5) is 15.0. The third-order valence-corrected chi connectivity index (χ3v) is 4.66. The molecule has 3 rings (SSSR count). The van der Waals surface area contributed by atoms with Crippen LogP contribution < -0.4 is 11.0 Å². The smallest absolute Gasteiger partial charge is 0.399 e. The molecule has 0 saturated carbocycles. The lowest BCUT2D eigenvalue weighted by atomic mass is 9.75. The number of rotatable bonds is 1. The molecular formula is C16H20BNO3. The van der Waals surface area contributed by atoms with E-state index in [-0.39, 0.29) is 5.56 Å². The van der Waals surface area contributed by atoms with Crippen molar-refractivity contribution >= 4 is 23.4 Å². The van der Waals surface area contributed by atoms with Gasteiger partial charge in [-0.05, 0) is 46.1 Å². The van der Waals surface area contributed by atoms with Crippen molar-refractivity contribution in [1.29, 1.82) is 0 Å². The summed E-state index contributed by atoms with van der Waals surface area (Å²) < 4.78 is 12.3. The van der Waals surface area contributed by atoms with Crippen molar-refractivity contribution in [3.05, 3.63) is 40.3 Å². The van der Waals surface area contributed by atoms with Crippen molar-refractivity contribution in [2.75, 3.05) is 0 Å². The number of hydrogen-bond acceptors (Lipinski definition) is 3. The topological polar surface area (TPSA) is 51.3 Å². The maximum Gasteiger partial charge on any atom is 0.497 e. The largest absolute Gasteiger partial charge is 0.497 e. The van der Waals surface area contributed by atoms with E-state index in [1.54, 1.807) is 0 Å². The van der Waals surface area contributed by atoms with Gasteiger partial charge < -0.3 is 14.3 Å². The molecule has 4 nitrogen and oxygen atoms in total. The van der Waals surface area contributed by atoms with Crippen LogP contribution in [0.5, 0.6) is 0 Å². The Morgan fingerprint density at radius 2 is 1.52 bits per heavy atom. The summed E-state index contributed by atoms with van der Waals surface area (Å²) in [7, 11) is -0.475. The highest BCUT2D eigenvalue weighted by Gasteiger charge is 2.52. The first-order valence-electron chi connectivity index (χ1n) is 7.20. The molecule has 1 saturated heterocycles. The predicted molar refractivity (Wildman–Crippen MR) is 85.0 cm³/mol. The highest BCUT2D eigenvalue weighted by atomic mass is 16.7. The molecule has 0 aliphatic carbocycles. The normalized spacial score (nSPS) is 20.1. The monoisotopic (exact) mass is 285 g/mol. The SMILES string of the molecule is Cc1[nH]c(=O)c2ccccc2c1B1OC(C)(C)C(C)(C)O1. The van der Waals surface area contributed by atoms with Gasteiger partial charge in [-0.3, -0.25) is 4.79 Å².